The fourth-order valence-corrected chi connectivity index (χ4v) is 4.96. The van der Waals surface area contributed by atoms with Crippen molar-refractivity contribution < 1.29 is 23.0 Å². The summed E-state index contributed by atoms with van der Waals surface area (Å²) < 4.78 is 41.9. The zero-order chi connectivity index (χ0) is 29.3. The zero-order valence-corrected chi connectivity index (χ0v) is 23.8. The number of alkyl carbamates (subject to hydrolysis) is 1. The molecule has 214 valence electrons. The van der Waals surface area contributed by atoms with Crippen LogP contribution in [0, 0.1) is 23.7 Å². The Labute approximate surface area is 233 Å². The summed E-state index contributed by atoms with van der Waals surface area (Å²) in [5.41, 5.74) is 1.48. The molecule has 1 saturated heterocycles. The van der Waals surface area contributed by atoms with Gasteiger partial charge in [-0.15, -0.1) is 5.10 Å². The summed E-state index contributed by atoms with van der Waals surface area (Å²) in [7, 11) is 0. The number of nitrogens with zero attached hydrogens (tertiary/aromatic N) is 5. The number of amides is 1. The maximum atomic E-state index is 15.1. The van der Waals surface area contributed by atoms with Crippen LogP contribution in [0.1, 0.15) is 58.0 Å². The number of carbonyl (C=O) groups is 1. The van der Waals surface area contributed by atoms with Crippen LogP contribution in [0.4, 0.5) is 19.4 Å². The molecule has 40 heavy (non-hydrogen) atoms. The van der Waals surface area contributed by atoms with E-state index >= 15 is 8.78 Å². The van der Waals surface area contributed by atoms with Crippen LogP contribution in [-0.4, -0.2) is 59.1 Å². The topological polar surface area (TPSA) is 105 Å². The van der Waals surface area contributed by atoms with Gasteiger partial charge in [-0.2, -0.15) is 18.6 Å². The van der Waals surface area contributed by atoms with E-state index in [-0.39, 0.29) is 23.2 Å². The molecular weight excluding hydrogens is 518 g/mol. The smallest absolute Gasteiger partial charge is 0.407 e. The maximum Gasteiger partial charge on any atom is 0.407 e. The Kier molecular flexibility index (Phi) is 8.04. The van der Waals surface area contributed by atoms with Gasteiger partial charge in [0.1, 0.15) is 29.7 Å². The molecule has 4 rings (SSSR count). The highest BCUT2D eigenvalue weighted by molar-refractivity contribution is 5.85. The summed E-state index contributed by atoms with van der Waals surface area (Å²) in [6.45, 7) is 11.6. The number of nitriles is 1. The lowest BCUT2D eigenvalue weighted by atomic mass is 9.90. The second-order valence-electron chi connectivity index (χ2n) is 11.5. The first-order valence-electron chi connectivity index (χ1n) is 13.4. The van der Waals surface area contributed by atoms with Gasteiger partial charge >= 0.3 is 12.0 Å². The molecule has 1 N–H and O–H groups in total. The highest BCUT2D eigenvalue weighted by Gasteiger charge is 2.41. The van der Waals surface area contributed by atoms with Crippen molar-refractivity contribution in [3.63, 3.8) is 0 Å². The number of halogens is 2. The standard InChI is InChI=1S/C29H36F2N6O3/c1-7-39-18-29(30,31)25-34-23-21(15-32)19(2)22(20-11-9-8-10-12-20)24(37(23)35-25)36-14-13-28(6,17-36)16-33-26(38)40-27(3,4)5/h8-12H,7,13-14,16-18H2,1-6H3,(H,33,38)/t28-/m0/s1. The molecule has 3 aromatic rings. The molecule has 9 nitrogen and oxygen atoms in total. The van der Waals surface area contributed by atoms with Gasteiger partial charge in [0.2, 0.25) is 5.82 Å². The highest BCUT2D eigenvalue weighted by Crippen LogP contribution is 2.42. The normalized spacial score (nSPS) is 17.7. The number of rotatable bonds is 8. The molecule has 2 aromatic heterocycles. The second kappa shape index (κ2) is 11.0. The van der Waals surface area contributed by atoms with E-state index in [2.05, 4.69) is 33.3 Å². The molecule has 3 heterocycles. The number of hydrogen-bond acceptors (Lipinski definition) is 7. The van der Waals surface area contributed by atoms with E-state index in [1.165, 1.54) is 4.52 Å². The third-order valence-electron chi connectivity index (χ3n) is 6.91. The minimum Gasteiger partial charge on any atom is -0.444 e. The molecule has 0 bridgehead atoms. The first-order chi connectivity index (χ1) is 18.8. The average molecular weight is 555 g/mol. The van der Waals surface area contributed by atoms with Gasteiger partial charge in [-0.05, 0) is 52.2 Å². The van der Waals surface area contributed by atoms with Crippen molar-refractivity contribution in [2.24, 2.45) is 5.41 Å². The molecule has 0 saturated carbocycles. The number of benzene rings is 1. The van der Waals surface area contributed by atoms with Crippen LogP contribution in [0.3, 0.4) is 0 Å². The summed E-state index contributed by atoms with van der Waals surface area (Å²) >= 11 is 0. The SMILES string of the molecule is CCOCC(F)(F)c1nc2c(C#N)c(C)c(-c3ccccc3)c(N3CC[C@@](C)(CNC(=O)OC(C)(C)C)C3)n2n1. The van der Waals surface area contributed by atoms with Gasteiger partial charge in [-0.25, -0.2) is 9.78 Å². The summed E-state index contributed by atoms with van der Waals surface area (Å²) in [4.78, 5) is 18.6. The van der Waals surface area contributed by atoms with Crippen molar-refractivity contribution in [1.29, 1.82) is 5.26 Å². The minimum atomic E-state index is -3.44. The average Bonchev–Trinajstić information content (AvgIpc) is 3.50. The molecule has 1 aliphatic heterocycles. The first-order valence-corrected chi connectivity index (χ1v) is 13.4. The van der Waals surface area contributed by atoms with Crippen molar-refractivity contribution >= 4 is 17.6 Å². The number of carbonyl (C=O) groups excluding carboxylic acids is 1. The monoisotopic (exact) mass is 554 g/mol. The van der Waals surface area contributed by atoms with Crippen LogP contribution in [0.2, 0.25) is 0 Å². The predicted molar refractivity (Wildman–Crippen MR) is 147 cm³/mol. The van der Waals surface area contributed by atoms with E-state index in [1.807, 2.05) is 30.3 Å². The van der Waals surface area contributed by atoms with Crippen LogP contribution in [-0.2, 0) is 15.4 Å². The van der Waals surface area contributed by atoms with E-state index in [9.17, 15) is 10.1 Å². The molecule has 11 heteroatoms. The zero-order valence-electron chi connectivity index (χ0n) is 23.8. The van der Waals surface area contributed by atoms with Gasteiger partial charge in [0.25, 0.3) is 0 Å². The van der Waals surface area contributed by atoms with E-state index < -0.39 is 30.0 Å². The van der Waals surface area contributed by atoms with Crippen LogP contribution in [0.25, 0.3) is 16.8 Å². The molecule has 1 aliphatic rings. The number of nitrogens with one attached hydrogen (secondary N) is 1. The molecule has 1 aromatic carbocycles. The lowest BCUT2D eigenvalue weighted by Gasteiger charge is -2.29. The molecule has 0 unspecified atom stereocenters. The summed E-state index contributed by atoms with van der Waals surface area (Å²) in [6.07, 6.45) is 0.228. The largest absolute Gasteiger partial charge is 0.444 e. The van der Waals surface area contributed by atoms with Crippen molar-refractivity contribution in [2.45, 2.75) is 59.5 Å². The number of aromatic nitrogens is 3. The Morgan fingerprint density at radius 3 is 2.58 bits per heavy atom. The van der Waals surface area contributed by atoms with Crippen molar-refractivity contribution in [3.8, 4) is 17.2 Å². The van der Waals surface area contributed by atoms with Crippen molar-refractivity contribution in [3.05, 3.63) is 47.3 Å². The fourth-order valence-electron chi connectivity index (χ4n) is 4.96. The number of fused-ring (bicyclic) bond motifs is 1. The van der Waals surface area contributed by atoms with Gasteiger partial charge in [0, 0.05) is 37.2 Å². The number of hydrogen-bond donors (Lipinski definition) is 1. The molecule has 1 fully saturated rings. The van der Waals surface area contributed by atoms with Crippen molar-refractivity contribution in [2.75, 3.05) is 37.7 Å². The second-order valence-corrected chi connectivity index (χ2v) is 11.5. The van der Waals surface area contributed by atoms with E-state index in [0.29, 0.717) is 31.0 Å². The lowest BCUT2D eigenvalue weighted by molar-refractivity contribution is -0.0863. The van der Waals surface area contributed by atoms with Crippen LogP contribution >= 0.6 is 0 Å². The molecule has 0 aliphatic carbocycles. The fraction of sp³-hybridized carbons (Fsp3) is 0.517. The lowest BCUT2D eigenvalue weighted by Crippen LogP contribution is -2.40. The molecule has 0 radical (unpaired) electrons. The number of pyridine rings is 1. The Hall–Kier alpha value is -3.78. The van der Waals surface area contributed by atoms with E-state index in [4.69, 9.17) is 9.47 Å². The third kappa shape index (κ3) is 6.02. The Morgan fingerprint density at radius 1 is 1.25 bits per heavy atom. The Morgan fingerprint density at radius 2 is 1.95 bits per heavy atom. The Bertz CT molecular complexity index is 1430. The minimum absolute atomic E-state index is 0.0707. The number of alkyl halides is 2. The van der Waals surface area contributed by atoms with E-state index in [1.54, 1.807) is 34.6 Å². The summed E-state index contributed by atoms with van der Waals surface area (Å²) in [5, 5.41) is 17.2. The van der Waals surface area contributed by atoms with Crippen LogP contribution < -0.4 is 10.2 Å². The third-order valence-corrected chi connectivity index (χ3v) is 6.91. The van der Waals surface area contributed by atoms with Gasteiger partial charge in [0.05, 0.1) is 0 Å². The molecule has 1 atom stereocenters. The molecule has 1 amide bonds. The summed E-state index contributed by atoms with van der Waals surface area (Å²) in [6, 6.07) is 11.7. The maximum absolute atomic E-state index is 15.1. The molecular formula is C29H36F2N6O3. The number of anilines is 1. The predicted octanol–water partition coefficient (Wildman–Crippen LogP) is 5.45. The van der Waals surface area contributed by atoms with Crippen LogP contribution in [0.15, 0.2) is 30.3 Å². The first kappa shape index (κ1) is 29.2. The summed E-state index contributed by atoms with van der Waals surface area (Å²) in [5.74, 6) is -3.56. The van der Waals surface area contributed by atoms with Crippen molar-refractivity contribution in [1.82, 2.24) is 19.9 Å². The highest BCUT2D eigenvalue weighted by atomic mass is 19.3. The quantitative estimate of drug-likeness (QED) is 0.395. The van der Waals surface area contributed by atoms with Gasteiger partial charge < -0.3 is 19.7 Å². The van der Waals surface area contributed by atoms with Gasteiger partial charge in [0.15, 0.2) is 5.65 Å². The van der Waals surface area contributed by atoms with Gasteiger partial charge in [-0.1, -0.05) is 37.3 Å². The Balaban J connectivity index is 1.81. The molecule has 0 spiro atoms. The van der Waals surface area contributed by atoms with Crippen LogP contribution in [0.5, 0.6) is 0 Å². The van der Waals surface area contributed by atoms with Gasteiger partial charge in [-0.3, -0.25) is 0 Å². The number of ether oxygens (including phenoxy) is 2. The van der Waals surface area contributed by atoms with E-state index in [0.717, 1.165) is 17.5 Å².